The van der Waals surface area contributed by atoms with Gasteiger partial charge >= 0.3 is 0 Å². The summed E-state index contributed by atoms with van der Waals surface area (Å²) in [4.78, 5) is 27.9. The number of ether oxygens (including phenoxy) is 1. The van der Waals surface area contributed by atoms with Crippen molar-refractivity contribution in [1.82, 2.24) is 10.2 Å². The first-order valence-corrected chi connectivity index (χ1v) is 12.2. The van der Waals surface area contributed by atoms with Gasteiger partial charge in [0.05, 0.1) is 0 Å². The molecule has 1 saturated carbocycles. The summed E-state index contributed by atoms with van der Waals surface area (Å²) in [5.41, 5.74) is 2.68. The third-order valence-electron chi connectivity index (χ3n) is 6.19. The van der Waals surface area contributed by atoms with Gasteiger partial charge in [-0.05, 0) is 57.4 Å². The smallest absolute Gasteiger partial charge is 0.261 e. The lowest BCUT2D eigenvalue weighted by Crippen LogP contribution is -2.51. The maximum Gasteiger partial charge on any atom is 0.261 e. The van der Waals surface area contributed by atoms with E-state index in [-0.39, 0.29) is 31.0 Å². The monoisotopic (exact) mass is 490 g/mol. The van der Waals surface area contributed by atoms with Crippen LogP contribution in [0.5, 0.6) is 5.75 Å². The van der Waals surface area contributed by atoms with Gasteiger partial charge in [0.25, 0.3) is 5.91 Å². The van der Waals surface area contributed by atoms with Gasteiger partial charge in [-0.2, -0.15) is 0 Å². The van der Waals surface area contributed by atoms with Crippen molar-refractivity contribution in [2.24, 2.45) is 0 Å². The van der Waals surface area contributed by atoms with Crippen LogP contribution in [0.2, 0.25) is 10.0 Å². The van der Waals surface area contributed by atoms with Gasteiger partial charge in [-0.1, -0.05) is 66.2 Å². The van der Waals surface area contributed by atoms with Crippen LogP contribution < -0.4 is 10.1 Å². The molecule has 0 aromatic heterocycles. The van der Waals surface area contributed by atoms with Crippen molar-refractivity contribution in [2.45, 2.75) is 71.5 Å². The van der Waals surface area contributed by atoms with Crippen LogP contribution in [0.15, 0.2) is 36.4 Å². The summed E-state index contributed by atoms with van der Waals surface area (Å²) in [6.45, 7) is 5.61. The summed E-state index contributed by atoms with van der Waals surface area (Å²) in [5, 5.41) is 4.03. The second kappa shape index (κ2) is 11.8. The van der Waals surface area contributed by atoms with E-state index in [1.807, 2.05) is 32.0 Å². The first-order chi connectivity index (χ1) is 15.8. The second-order valence-corrected chi connectivity index (χ2v) is 9.61. The number of aryl methyl sites for hydroxylation is 2. The van der Waals surface area contributed by atoms with Crippen LogP contribution in [0.25, 0.3) is 0 Å². The highest BCUT2D eigenvalue weighted by Gasteiger charge is 2.29. The first-order valence-electron chi connectivity index (χ1n) is 11.5. The topological polar surface area (TPSA) is 58.6 Å². The average Bonchev–Trinajstić information content (AvgIpc) is 2.78. The van der Waals surface area contributed by atoms with Crippen LogP contribution in [-0.2, 0) is 16.1 Å². The van der Waals surface area contributed by atoms with Gasteiger partial charge < -0.3 is 15.0 Å². The zero-order valence-electron chi connectivity index (χ0n) is 19.5. The molecule has 0 bridgehead atoms. The van der Waals surface area contributed by atoms with Crippen molar-refractivity contribution in [3.63, 3.8) is 0 Å². The number of benzene rings is 2. The Labute approximate surface area is 206 Å². The third-order valence-corrected chi connectivity index (χ3v) is 6.90. The highest BCUT2D eigenvalue weighted by molar-refractivity contribution is 6.36. The minimum absolute atomic E-state index is 0.118. The Bertz CT molecular complexity index is 969. The van der Waals surface area contributed by atoms with Crippen molar-refractivity contribution < 1.29 is 14.3 Å². The van der Waals surface area contributed by atoms with Gasteiger partial charge in [-0.3, -0.25) is 9.59 Å². The lowest BCUT2D eigenvalue weighted by atomic mass is 9.95. The molecule has 5 nitrogen and oxygen atoms in total. The number of hydrogen-bond donors (Lipinski definition) is 1. The van der Waals surface area contributed by atoms with E-state index in [0.717, 1.165) is 36.8 Å². The fourth-order valence-corrected chi connectivity index (χ4v) is 4.71. The average molecular weight is 491 g/mol. The van der Waals surface area contributed by atoms with Crippen LogP contribution in [0.3, 0.4) is 0 Å². The summed E-state index contributed by atoms with van der Waals surface area (Å²) in [7, 11) is 0. The molecule has 2 aromatic rings. The summed E-state index contributed by atoms with van der Waals surface area (Å²) in [6.07, 6.45) is 5.37. The first kappa shape index (κ1) is 25.4. The molecule has 0 saturated heterocycles. The molecule has 2 aromatic carbocycles. The van der Waals surface area contributed by atoms with Crippen molar-refractivity contribution in [1.29, 1.82) is 0 Å². The van der Waals surface area contributed by atoms with Crippen LogP contribution in [0, 0.1) is 13.8 Å². The van der Waals surface area contributed by atoms with Crippen molar-refractivity contribution in [3.8, 4) is 5.75 Å². The molecular formula is C26H32Cl2N2O3. The Balaban J connectivity index is 1.77. The predicted octanol–water partition coefficient (Wildman–Crippen LogP) is 5.86. The van der Waals surface area contributed by atoms with Crippen molar-refractivity contribution in [2.75, 3.05) is 6.61 Å². The summed E-state index contributed by atoms with van der Waals surface area (Å²) in [5.74, 6) is 0.159. The van der Waals surface area contributed by atoms with Crippen LogP contribution in [0.1, 0.15) is 55.7 Å². The molecule has 0 heterocycles. The van der Waals surface area contributed by atoms with Gasteiger partial charge in [0.15, 0.2) is 6.61 Å². The van der Waals surface area contributed by atoms with Crippen LogP contribution in [0.4, 0.5) is 0 Å². The van der Waals surface area contributed by atoms with E-state index in [1.165, 1.54) is 11.3 Å². The zero-order valence-corrected chi connectivity index (χ0v) is 21.0. The van der Waals surface area contributed by atoms with E-state index in [9.17, 15) is 9.59 Å². The minimum Gasteiger partial charge on any atom is -0.483 e. The number of nitrogens with zero attached hydrogens (tertiary/aromatic N) is 1. The lowest BCUT2D eigenvalue weighted by molar-refractivity contribution is -0.142. The standard InChI is InChI=1S/C26H32Cl2N2O3/c1-17-12-13-24(18(2)14-17)33-16-25(31)30(15-21-22(27)10-7-11-23(21)28)19(3)26(32)29-20-8-5-4-6-9-20/h7,10-14,19-20H,4-6,8-9,15-16H2,1-3H3,(H,29,32)/t19-/m0/s1. The van der Waals surface area contributed by atoms with Crippen LogP contribution >= 0.6 is 23.2 Å². The molecule has 3 rings (SSSR count). The molecule has 7 heteroatoms. The van der Waals surface area contributed by atoms with E-state index in [2.05, 4.69) is 5.32 Å². The summed E-state index contributed by atoms with van der Waals surface area (Å²) < 4.78 is 5.82. The molecule has 1 atom stereocenters. The molecule has 1 aliphatic rings. The van der Waals surface area contributed by atoms with E-state index in [0.29, 0.717) is 21.4 Å². The molecule has 33 heavy (non-hydrogen) atoms. The SMILES string of the molecule is Cc1ccc(OCC(=O)N(Cc2c(Cl)cccc2Cl)[C@@H](C)C(=O)NC2CCCCC2)c(C)c1. The number of rotatable bonds is 8. The van der Waals surface area contributed by atoms with E-state index >= 15 is 0 Å². The summed E-state index contributed by atoms with van der Waals surface area (Å²) in [6, 6.07) is 10.5. The number of carbonyl (C=O) groups excluding carboxylic acids is 2. The Morgan fingerprint density at radius 3 is 2.39 bits per heavy atom. The molecule has 1 aliphatic carbocycles. The molecule has 1 N–H and O–H groups in total. The molecule has 178 valence electrons. The Kier molecular flexibility index (Phi) is 9.04. The van der Waals surface area contributed by atoms with Gasteiger partial charge in [-0.15, -0.1) is 0 Å². The number of nitrogens with one attached hydrogen (secondary N) is 1. The predicted molar refractivity (Wildman–Crippen MR) is 133 cm³/mol. The second-order valence-electron chi connectivity index (χ2n) is 8.80. The fraction of sp³-hybridized carbons (Fsp3) is 0.462. The Morgan fingerprint density at radius 2 is 1.76 bits per heavy atom. The molecule has 2 amide bonds. The fourth-order valence-electron chi connectivity index (χ4n) is 4.19. The highest BCUT2D eigenvalue weighted by atomic mass is 35.5. The molecular weight excluding hydrogens is 459 g/mol. The maximum absolute atomic E-state index is 13.3. The van der Waals surface area contributed by atoms with E-state index < -0.39 is 6.04 Å². The Morgan fingerprint density at radius 1 is 1.09 bits per heavy atom. The van der Waals surface area contributed by atoms with E-state index in [4.69, 9.17) is 27.9 Å². The van der Waals surface area contributed by atoms with Gasteiger partial charge in [0, 0.05) is 28.2 Å². The van der Waals surface area contributed by atoms with Crippen LogP contribution in [-0.4, -0.2) is 35.4 Å². The number of hydrogen-bond acceptors (Lipinski definition) is 3. The highest BCUT2D eigenvalue weighted by Crippen LogP contribution is 2.27. The number of amides is 2. The molecule has 0 unspecified atom stereocenters. The zero-order chi connectivity index (χ0) is 24.0. The molecule has 1 fully saturated rings. The minimum atomic E-state index is -0.700. The summed E-state index contributed by atoms with van der Waals surface area (Å²) >= 11 is 12.7. The third kappa shape index (κ3) is 6.87. The number of carbonyl (C=O) groups is 2. The quantitative estimate of drug-likeness (QED) is 0.504. The lowest BCUT2D eigenvalue weighted by Gasteiger charge is -2.31. The van der Waals surface area contributed by atoms with Crippen molar-refractivity contribution >= 4 is 35.0 Å². The van der Waals surface area contributed by atoms with Gasteiger partial charge in [0.1, 0.15) is 11.8 Å². The largest absolute Gasteiger partial charge is 0.483 e. The van der Waals surface area contributed by atoms with Crippen molar-refractivity contribution in [3.05, 3.63) is 63.1 Å². The van der Waals surface area contributed by atoms with Gasteiger partial charge in [0.2, 0.25) is 5.91 Å². The maximum atomic E-state index is 13.3. The molecule has 0 aliphatic heterocycles. The van der Waals surface area contributed by atoms with Gasteiger partial charge in [-0.25, -0.2) is 0 Å². The van der Waals surface area contributed by atoms with E-state index in [1.54, 1.807) is 25.1 Å². The normalized spacial score (nSPS) is 15.1. The Hall–Kier alpha value is -2.24. The molecule has 0 spiro atoms. The molecule has 0 radical (unpaired) electrons. The number of halogens is 2.